The molecule has 35 heavy (non-hydrogen) atoms. The van der Waals surface area contributed by atoms with Crippen molar-refractivity contribution in [1.82, 2.24) is 20.0 Å². The summed E-state index contributed by atoms with van der Waals surface area (Å²) in [4.78, 5) is 27.7. The van der Waals surface area contributed by atoms with E-state index in [-0.39, 0.29) is 11.5 Å². The third-order valence-electron chi connectivity index (χ3n) is 5.69. The van der Waals surface area contributed by atoms with Gasteiger partial charge in [0.2, 0.25) is 0 Å². The van der Waals surface area contributed by atoms with Crippen LogP contribution in [0.15, 0.2) is 24.3 Å². The Morgan fingerprint density at radius 2 is 1.83 bits per heavy atom. The first kappa shape index (κ1) is 26.6. The van der Waals surface area contributed by atoms with Gasteiger partial charge in [0.25, 0.3) is 0 Å². The highest BCUT2D eigenvalue weighted by Gasteiger charge is 2.29. The number of amides is 1. The largest absolute Gasteiger partial charge is 0.444 e. The summed E-state index contributed by atoms with van der Waals surface area (Å²) in [7, 11) is 0. The number of alkyl carbamates (subject to hydrolysis) is 1. The minimum absolute atomic E-state index is 0.0840. The van der Waals surface area contributed by atoms with E-state index in [1.165, 1.54) is 0 Å². The normalized spacial score (nSPS) is 12.3. The number of carbonyl (C=O) groups is 1. The van der Waals surface area contributed by atoms with E-state index in [4.69, 9.17) is 20.3 Å². The van der Waals surface area contributed by atoms with Gasteiger partial charge in [-0.25, -0.2) is 14.8 Å². The first-order valence-corrected chi connectivity index (χ1v) is 12.7. The number of para-hydroxylation sites is 1. The Hall–Kier alpha value is -3.03. The maximum absolute atomic E-state index is 12.2. The number of aryl methyl sites for hydroxylation is 1. The van der Waals surface area contributed by atoms with Crippen molar-refractivity contribution < 1.29 is 14.4 Å². The lowest BCUT2D eigenvalue weighted by molar-refractivity contribution is 0.0100. The molecular formula is C27H41N5O3. The number of benzene rings is 1. The Labute approximate surface area is 208 Å². The lowest BCUT2D eigenvalue weighted by Gasteiger charge is -2.32. The van der Waals surface area contributed by atoms with Crippen molar-refractivity contribution in [2.75, 3.05) is 18.9 Å². The van der Waals surface area contributed by atoms with E-state index in [0.717, 1.165) is 60.8 Å². The number of pyridine rings is 1. The Bertz CT molecular complexity index is 1150. The third-order valence-corrected chi connectivity index (χ3v) is 5.69. The second kappa shape index (κ2) is 11.1. The van der Waals surface area contributed by atoms with Gasteiger partial charge in [0.05, 0.1) is 5.52 Å². The van der Waals surface area contributed by atoms with Crippen LogP contribution in [0.5, 0.6) is 0 Å². The quantitative estimate of drug-likeness (QED) is 0.341. The van der Waals surface area contributed by atoms with Gasteiger partial charge in [0.1, 0.15) is 29.1 Å². The number of unbranched alkanes of at least 4 members (excludes halogenated alkanes) is 2. The fourth-order valence-corrected chi connectivity index (χ4v) is 4.63. The maximum atomic E-state index is 12.2. The number of nitrogens with one attached hydrogen (secondary N) is 1. The van der Waals surface area contributed by atoms with E-state index in [0.29, 0.717) is 24.5 Å². The molecule has 0 spiro atoms. The summed E-state index contributed by atoms with van der Waals surface area (Å²) in [5.74, 6) is 1.27. The molecule has 3 N–H and O–H groups in total. The molecule has 0 fully saturated rings. The second-order valence-electron chi connectivity index (χ2n) is 11.0. The van der Waals surface area contributed by atoms with Crippen LogP contribution in [0.4, 0.5) is 10.6 Å². The number of anilines is 1. The van der Waals surface area contributed by atoms with Crippen molar-refractivity contribution in [3.63, 3.8) is 0 Å². The molecule has 8 nitrogen and oxygen atoms in total. The van der Waals surface area contributed by atoms with Crippen molar-refractivity contribution in [1.29, 1.82) is 0 Å². The number of hydrogen-bond donors (Lipinski definition) is 2. The van der Waals surface area contributed by atoms with Crippen LogP contribution in [0.1, 0.15) is 79.5 Å². The highest BCUT2D eigenvalue weighted by Crippen LogP contribution is 2.30. The lowest BCUT2D eigenvalue weighted by atomic mass is 9.84. The molecule has 0 saturated heterocycles. The fourth-order valence-electron chi connectivity index (χ4n) is 4.63. The first-order chi connectivity index (χ1) is 16.5. The monoisotopic (exact) mass is 483 g/mol. The number of fused-ring (bicyclic) bond motifs is 3. The highest BCUT2D eigenvalue weighted by molar-refractivity contribution is 6.06. The van der Waals surface area contributed by atoms with Crippen molar-refractivity contribution >= 4 is 33.8 Å². The number of hydrogen-bond acceptors (Lipinski definition) is 6. The van der Waals surface area contributed by atoms with Crippen LogP contribution < -0.4 is 15.9 Å². The lowest BCUT2D eigenvalue weighted by Crippen LogP contribution is -2.37. The third kappa shape index (κ3) is 7.23. The molecule has 2 heterocycles. The molecule has 0 atom stereocenters. The molecule has 0 aliphatic rings. The van der Waals surface area contributed by atoms with Gasteiger partial charge in [-0.2, -0.15) is 4.73 Å². The Morgan fingerprint density at radius 1 is 1.09 bits per heavy atom. The predicted molar refractivity (Wildman–Crippen MR) is 141 cm³/mol. The van der Waals surface area contributed by atoms with E-state index < -0.39 is 5.60 Å². The smallest absolute Gasteiger partial charge is 0.407 e. The average molecular weight is 484 g/mol. The van der Waals surface area contributed by atoms with Gasteiger partial charge < -0.3 is 20.6 Å². The molecule has 192 valence electrons. The van der Waals surface area contributed by atoms with Crippen LogP contribution in [0.25, 0.3) is 21.9 Å². The summed E-state index contributed by atoms with van der Waals surface area (Å²) < 4.78 is 7.46. The van der Waals surface area contributed by atoms with E-state index in [1.807, 2.05) is 42.8 Å². The zero-order chi connectivity index (χ0) is 25.6. The summed E-state index contributed by atoms with van der Waals surface area (Å²) in [5, 5.41) is 3.83. The highest BCUT2D eigenvalue weighted by atomic mass is 16.7. The molecule has 3 aromatic rings. The fraction of sp³-hybridized carbons (Fsp3) is 0.593. The topological polar surface area (TPSA) is 104 Å². The molecule has 0 radical (unpaired) electrons. The Balaban J connectivity index is 1.59. The molecule has 0 bridgehead atoms. The standard InChI is InChI=1S/C27H41N5O3/c1-7-8-15-21-31-22-23(19-13-9-10-14-20(19)30-24(22)28)32(21)34-17-12-11-16-29-25(33)35-27(5,6)18-26(2,3)4/h9-10,13-14H,7-8,11-12,15-18H2,1-6H3,(H2,28,30)(H,29,33). The summed E-state index contributed by atoms with van der Waals surface area (Å²) in [6.45, 7) is 13.5. The van der Waals surface area contributed by atoms with Crippen LogP contribution in [0.2, 0.25) is 0 Å². The summed E-state index contributed by atoms with van der Waals surface area (Å²) in [5.41, 5.74) is 8.17. The Morgan fingerprint density at radius 3 is 2.54 bits per heavy atom. The summed E-state index contributed by atoms with van der Waals surface area (Å²) in [6, 6.07) is 7.90. The minimum atomic E-state index is -0.512. The molecule has 0 saturated carbocycles. The number of nitrogen functional groups attached to an aromatic ring is 1. The molecule has 8 heteroatoms. The zero-order valence-corrected chi connectivity index (χ0v) is 22.1. The molecule has 2 aromatic heterocycles. The second-order valence-corrected chi connectivity index (χ2v) is 11.0. The van der Waals surface area contributed by atoms with E-state index in [2.05, 4.69) is 38.0 Å². The molecule has 1 amide bonds. The molecule has 0 aliphatic heterocycles. The molecular weight excluding hydrogens is 442 g/mol. The number of carbonyl (C=O) groups excluding carboxylic acids is 1. The van der Waals surface area contributed by atoms with Gasteiger partial charge in [-0.3, -0.25) is 0 Å². The minimum Gasteiger partial charge on any atom is -0.444 e. The summed E-state index contributed by atoms with van der Waals surface area (Å²) >= 11 is 0. The van der Waals surface area contributed by atoms with Crippen LogP contribution in [0, 0.1) is 5.41 Å². The van der Waals surface area contributed by atoms with Gasteiger partial charge in [-0.05, 0) is 51.0 Å². The first-order valence-electron chi connectivity index (χ1n) is 12.7. The SMILES string of the molecule is CCCCc1nc2c(N)nc3ccccc3c2n1OCCCCNC(=O)OC(C)(C)CC(C)(C)C. The van der Waals surface area contributed by atoms with Crippen molar-refractivity contribution in [2.24, 2.45) is 5.41 Å². The van der Waals surface area contributed by atoms with E-state index >= 15 is 0 Å². The van der Waals surface area contributed by atoms with Gasteiger partial charge in [0.15, 0.2) is 5.82 Å². The predicted octanol–water partition coefficient (Wildman–Crippen LogP) is 5.66. The van der Waals surface area contributed by atoms with E-state index in [1.54, 1.807) is 0 Å². The number of rotatable bonds is 11. The van der Waals surface area contributed by atoms with Crippen LogP contribution >= 0.6 is 0 Å². The molecule has 0 unspecified atom stereocenters. The van der Waals surface area contributed by atoms with Crippen molar-refractivity contribution in [2.45, 2.75) is 85.7 Å². The van der Waals surface area contributed by atoms with Crippen molar-refractivity contribution in [3.8, 4) is 0 Å². The average Bonchev–Trinajstić information content (AvgIpc) is 3.12. The van der Waals surface area contributed by atoms with Crippen LogP contribution in [0.3, 0.4) is 0 Å². The number of nitrogens with zero attached hydrogens (tertiary/aromatic N) is 3. The van der Waals surface area contributed by atoms with Gasteiger partial charge in [-0.15, -0.1) is 0 Å². The van der Waals surface area contributed by atoms with Crippen molar-refractivity contribution in [3.05, 3.63) is 30.1 Å². The van der Waals surface area contributed by atoms with Gasteiger partial charge >= 0.3 is 6.09 Å². The van der Waals surface area contributed by atoms with Gasteiger partial charge in [0, 0.05) is 18.4 Å². The van der Waals surface area contributed by atoms with Crippen LogP contribution in [-0.4, -0.2) is 39.5 Å². The summed E-state index contributed by atoms with van der Waals surface area (Å²) in [6.07, 6.45) is 4.83. The van der Waals surface area contributed by atoms with Gasteiger partial charge in [-0.1, -0.05) is 52.3 Å². The maximum Gasteiger partial charge on any atom is 0.407 e. The Kier molecular flexibility index (Phi) is 8.46. The molecule has 1 aromatic carbocycles. The number of ether oxygens (including phenoxy) is 1. The molecule has 0 aliphatic carbocycles. The van der Waals surface area contributed by atoms with Crippen LogP contribution in [-0.2, 0) is 11.2 Å². The van der Waals surface area contributed by atoms with E-state index in [9.17, 15) is 4.79 Å². The number of aromatic nitrogens is 3. The zero-order valence-electron chi connectivity index (χ0n) is 22.1. The molecule has 3 rings (SSSR count). The number of imidazole rings is 1. The number of nitrogens with two attached hydrogens (primary N) is 1.